The van der Waals surface area contributed by atoms with Gasteiger partial charge in [-0.05, 0) is 42.0 Å². The van der Waals surface area contributed by atoms with Crippen molar-refractivity contribution in [3.63, 3.8) is 0 Å². The minimum Gasteiger partial charge on any atom is -0.463 e. The third-order valence-corrected chi connectivity index (χ3v) is 4.30. The minimum atomic E-state index is -0.389. The second-order valence-corrected chi connectivity index (χ2v) is 6.77. The molecule has 0 aliphatic heterocycles. The van der Waals surface area contributed by atoms with Crippen LogP contribution in [0.3, 0.4) is 0 Å². The molecule has 30 heavy (non-hydrogen) atoms. The Bertz CT molecular complexity index is 1020. The van der Waals surface area contributed by atoms with E-state index < -0.39 is 0 Å². The topological polar surface area (TPSA) is 84.4 Å². The van der Waals surface area contributed by atoms with Gasteiger partial charge >= 0.3 is 0 Å². The number of hydrogen-bond donors (Lipinski definition) is 1. The normalized spacial score (nSPS) is 10.4. The van der Waals surface area contributed by atoms with Crippen molar-refractivity contribution in [1.29, 1.82) is 0 Å². The van der Waals surface area contributed by atoms with Crippen LogP contribution in [0.15, 0.2) is 54.7 Å². The number of rotatable bonds is 8. The Morgan fingerprint density at radius 2 is 1.83 bits per heavy atom. The highest BCUT2D eigenvalue weighted by Gasteiger charge is 2.11. The number of ether oxygens (including phenoxy) is 1. The number of hydrogen-bond acceptors (Lipinski definition) is 6. The summed E-state index contributed by atoms with van der Waals surface area (Å²) in [5.74, 6) is 0.608. The Kier molecular flexibility index (Phi) is 6.69. The summed E-state index contributed by atoms with van der Waals surface area (Å²) in [6, 6.07) is 12.7. The van der Waals surface area contributed by atoms with Gasteiger partial charge in [-0.1, -0.05) is 12.1 Å². The highest BCUT2D eigenvalue weighted by atomic mass is 19.1. The van der Waals surface area contributed by atoms with Crippen molar-refractivity contribution in [2.45, 2.75) is 13.0 Å². The van der Waals surface area contributed by atoms with Gasteiger partial charge in [-0.15, -0.1) is 0 Å². The molecule has 0 aliphatic rings. The van der Waals surface area contributed by atoms with E-state index >= 15 is 0 Å². The van der Waals surface area contributed by atoms with Crippen molar-refractivity contribution >= 4 is 23.9 Å². The van der Waals surface area contributed by atoms with Gasteiger partial charge in [0, 0.05) is 38.0 Å². The first kappa shape index (κ1) is 20.9. The van der Waals surface area contributed by atoms with Crippen LogP contribution in [0.5, 0.6) is 0 Å². The predicted molar refractivity (Wildman–Crippen MR) is 111 cm³/mol. The van der Waals surface area contributed by atoms with Crippen molar-refractivity contribution in [2.75, 3.05) is 24.3 Å². The fourth-order valence-corrected chi connectivity index (χ4v) is 2.82. The summed E-state index contributed by atoms with van der Waals surface area (Å²) < 4.78 is 17.8. The van der Waals surface area contributed by atoms with Crippen LogP contribution in [-0.2, 0) is 22.6 Å². The second kappa shape index (κ2) is 9.60. The monoisotopic (exact) mass is 408 g/mol. The molecule has 7 nitrogen and oxygen atoms in total. The van der Waals surface area contributed by atoms with Crippen LogP contribution in [-0.4, -0.2) is 36.4 Å². The molecule has 8 heteroatoms. The fourth-order valence-electron chi connectivity index (χ4n) is 2.82. The molecule has 0 bridgehead atoms. The van der Waals surface area contributed by atoms with Gasteiger partial charge < -0.3 is 15.0 Å². The molecule has 1 N–H and O–H groups in total. The first-order chi connectivity index (χ1) is 14.5. The molecule has 154 valence electrons. The van der Waals surface area contributed by atoms with E-state index in [1.165, 1.54) is 24.3 Å². The molecule has 1 heterocycles. The smallest absolute Gasteiger partial charge is 0.293 e. The van der Waals surface area contributed by atoms with Gasteiger partial charge in [-0.2, -0.15) is 0 Å². The fraction of sp³-hybridized carbons (Fsp3) is 0.182. The first-order valence-corrected chi connectivity index (χ1v) is 9.19. The van der Waals surface area contributed by atoms with E-state index in [-0.39, 0.29) is 18.3 Å². The number of anilines is 2. The summed E-state index contributed by atoms with van der Waals surface area (Å²) in [7, 11) is 3.71. The number of carbonyl (C=O) groups excluding carboxylic acids is 2. The third kappa shape index (κ3) is 5.38. The van der Waals surface area contributed by atoms with Crippen LogP contribution >= 0.6 is 0 Å². The van der Waals surface area contributed by atoms with Crippen molar-refractivity contribution in [3.8, 4) is 0 Å². The quantitative estimate of drug-likeness (QED) is 0.576. The molecule has 3 aromatic rings. The maximum absolute atomic E-state index is 13.0. The first-order valence-electron chi connectivity index (χ1n) is 9.19. The van der Waals surface area contributed by atoms with Gasteiger partial charge in [0.05, 0.1) is 5.56 Å². The molecule has 1 aromatic heterocycles. The van der Waals surface area contributed by atoms with E-state index in [9.17, 15) is 14.0 Å². The van der Waals surface area contributed by atoms with E-state index in [0.29, 0.717) is 35.8 Å². The largest absolute Gasteiger partial charge is 0.463 e. The van der Waals surface area contributed by atoms with Crippen LogP contribution < -0.4 is 10.2 Å². The molecule has 0 aliphatic carbocycles. The third-order valence-electron chi connectivity index (χ3n) is 4.30. The van der Waals surface area contributed by atoms with Gasteiger partial charge in [0.15, 0.2) is 0 Å². The number of aromatic nitrogens is 2. The number of benzene rings is 2. The lowest BCUT2D eigenvalue weighted by Gasteiger charge is -2.16. The maximum Gasteiger partial charge on any atom is 0.293 e. The second-order valence-electron chi connectivity index (χ2n) is 6.77. The average molecular weight is 408 g/mol. The van der Waals surface area contributed by atoms with Crippen LogP contribution in [0.25, 0.3) is 0 Å². The lowest BCUT2D eigenvalue weighted by atomic mass is 10.1. The molecule has 0 atom stereocenters. The highest BCUT2D eigenvalue weighted by Crippen LogP contribution is 2.18. The Hall–Kier alpha value is -3.81. The van der Waals surface area contributed by atoms with E-state index in [1.54, 1.807) is 18.3 Å². The van der Waals surface area contributed by atoms with Crippen molar-refractivity contribution < 1.29 is 18.7 Å². The molecule has 0 saturated carbocycles. The molecule has 3 rings (SSSR count). The molecule has 0 radical (unpaired) electrons. The van der Waals surface area contributed by atoms with Gasteiger partial charge in [-0.3, -0.25) is 9.59 Å². The van der Waals surface area contributed by atoms with Crippen molar-refractivity contribution in [1.82, 2.24) is 9.97 Å². The van der Waals surface area contributed by atoms with Crippen LogP contribution in [0, 0.1) is 5.82 Å². The summed E-state index contributed by atoms with van der Waals surface area (Å²) >= 11 is 0. The predicted octanol–water partition coefficient (Wildman–Crippen LogP) is 3.20. The van der Waals surface area contributed by atoms with Crippen LogP contribution in [0.2, 0.25) is 0 Å². The number of carbonyl (C=O) groups is 2. The Labute approximate surface area is 173 Å². The van der Waals surface area contributed by atoms with Gasteiger partial charge in [0.25, 0.3) is 12.4 Å². The average Bonchev–Trinajstić information content (AvgIpc) is 2.74. The molecule has 2 aromatic carbocycles. The lowest BCUT2D eigenvalue weighted by Crippen LogP contribution is -2.16. The van der Waals surface area contributed by atoms with Crippen molar-refractivity contribution in [3.05, 3.63) is 83.1 Å². The summed E-state index contributed by atoms with van der Waals surface area (Å²) in [6.45, 7) is 0.503. The van der Waals surface area contributed by atoms with E-state index in [1.807, 2.05) is 31.1 Å². The summed E-state index contributed by atoms with van der Waals surface area (Å²) in [5, 5.41) is 2.78. The molecule has 1 amide bonds. The van der Waals surface area contributed by atoms with E-state index in [4.69, 9.17) is 4.74 Å². The zero-order valence-electron chi connectivity index (χ0n) is 16.6. The van der Waals surface area contributed by atoms with Gasteiger partial charge in [0.1, 0.15) is 24.1 Å². The number of halogens is 1. The number of amides is 1. The zero-order valence-corrected chi connectivity index (χ0v) is 16.6. The van der Waals surface area contributed by atoms with Crippen LogP contribution in [0.4, 0.5) is 15.9 Å². The summed E-state index contributed by atoms with van der Waals surface area (Å²) in [6.07, 6.45) is 2.15. The Balaban J connectivity index is 1.68. The SMILES string of the molecule is CN(C)c1nc(Cc2ccc(NC(=O)c3ccc(F)cc3)cc2)ncc1COC=O. The lowest BCUT2D eigenvalue weighted by molar-refractivity contribution is -0.129. The highest BCUT2D eigenvalue weighted by molar-refractivity contribution is 6.04. The summed E-state index contributed by atoms with van der Waals surface area (Å²) in [5.41, 5.74) is 2.69. The van der Waals surface area contributed by atoms with Gasteiger partial charge in [-0.25, -0.2) is 14.4 Å². The molecule has 0 saturated heterocycles. The van der Waals surface area contributed by atoms with E-state index in [0.717, 1.165) is 11.1 Å². The summed E-state index contributed by atoms with van der Waals surface area (Å²) in [4.78, 5) is 33.4. The van der Waals surface area contributed by atoms with Gasteiger partial charge in [0.2, 0.25) is 0 Å². The number of nitrogens with one attached hydrogen (secondary N) is 1. The maximum atomic E-state index is 13.0. The Morgan fingerprint density at radius 1 is 1.13 bits per heavy atom. The standard InChI is InChI=1S/C22H21FN4O3/c1-27(2)21-17(13-30-14-28)12-24-20(26-21)11-15-3-9-19(10-4-15)25-22(29)16-5-7-18(23)8-6-16/h3-10,12,14H,11,13H2,1-2H3,(H,25,29). The molecular weight excluding hydrogens is 387 g/mol. The Morgan fingerprint density at radius 3 is 2.47 bits per heavy atom. The molecular formula is C22H21FN4O3. The molecule has 0 unspecified atom stereocenters. The molecule has 0 spiro atoms. The van der Waals surface area contributed by atoms with E-state index in [2.05, 4.69) is 15.3 Å². The van der Waals surface area contributed by atoms with Crippen LogP contribution in [0.1, 0.15) is 27.3 Å². The molecule has 0 fully saturated rings. The number of nitrogens with zero attached hydrogens (tertiary/aromatic N) is 3. The minimum absolute atomic E-state index is 0.111. The van der Waals surface area contributed by atoms with Crippen molar-refractivity contribution in [2.24, 2.45) is 0 Å². The zero-order chi connectivity index (χ0) is 21.5.